The van der Waals surface area contributed by atoms with E-state index in [2.05, 4.69) is 10.2 Å². The van der Waals surface area contributed by atoms with Gasteiger partial charge in [-0.2, -0.15) is 0 Å². The standard InChI is InChI=1S/C14H21N3O2/c1-11(2)15-14(19)17-8-6-16(7-9-17)12-4-3-5-13(18)10-12/h3-5,10-11,18H,6-9H2,1-2H3,(H,15,19). The van der Waals surface area contributed by atoms with E-state index in [0.717, 1.165) is 18.8 Å². The zero-order valence-corrected chi connectivity index (χ0v) is 11.5. The first-order valence-electron chi connectivity index (χ1n) is 6.65. The summed E-state index contributed by atoms with van der Waals surface area (Å²) in [6, 6.07) is 7.40. The SMILES string of the molecule is CC(C)NC(=O)N1CCN(c2cccc(O)c2)CC1. The number of hydrogen-bond acceptors (Lipinski definition) is 3. The van der Waals surface area contributed by atoms with Crippen molar-refractivity contribution in [1.29, 1.82) is 0 Å². The molecule has 0 unspecified atom stereocenters. The Morgan fingerprint density at radius 3 is 2.53 bits per heavy atom. The van der Waals surface area contributed by atoms with Crippen molar-refractivity contribution in [3.63, 3.8) is 0 Å². The highest BCUT2D eigenvalue weighted by Gasteiger charge is 2.21. The normalized spacial score (nSPS) is 15.7. The second kappa shape index (κ2) is 5.82. The first kappa shape index (κ1) is 13.5. The Labute approximate surface area is 113 Å². The van der Waals surface area contributed by atoms with Crippen molar-refractivity contribution in [2.45, 2.75) is 19.9 Å². The van der Waals surface area contributed by atoms with Crippen LogP contribution in [0.15, 0.2) is 24.3 Å². The number of piperazine rings is 1. The van der Waals surface area contributed by atoms with Gasteiger partial charge in [-0.3, -0.25) is 0 Å². The molecule has 1 aromatic rings. The lowest BCUT2D eigenvalue weighted by molar-refractivity contribution is 0.192. The Morgan fingerprint density at radius 1 is 1.26 bits per heavy atom. The molecule has 1 saturated heterocycles. The first-order valence-corrected chi connectivity index (χ1v) is 6.65. The highest BCUT2D eigenvalue weighted by atomic mass is 16.3. The van der Waals surface area contributed by atoms with Crippen LogP contribution < -0.4 is 10.2 Å². The number of anilines is 1. The summed E-state index contributed by atoms with van der Waals surface area (Å²) in [6.07, 6.45) is 0. The molecular formula is C14H21N3O2. The van der Waals surface area contributed by atoms with Crippen LogP contribution in [0, 0.1) is 0 Å². The maximum Gasteiger partial charge on any atom is 0.317 e. The number of nitrogens with zero attached hydrogens (tertiary/aromatic N) is 2. The maximum absolute atomic E-state index is 11.9. The van der Waals surface area contributed by atoms with Crippen LogP contribution in [0.5, 0.6) is 5.75 Å². The van der Waals surface area contributed by atoms with E-state index < -0.39 is 0 Å². The van der Waals surface area contributed by atoms with Gasteiger partial charge in [-0.25, -0.2) is 4.79 Å². The van der Waals surface area contributed by atoms with Crippen molar-refractivity contribution in [2.24, 2.45) is 0 Å². The van der Waals surface area contributed by atoms with E-state index in [1.165, 1.54) is 0 Å². The minimum atomic E-state index is 0.00515. The number of amides is 2. The molecule has 5 heteroatoms. The third-order valence-corrected chi connectivity index (χ3v) is 3.17. The van der Waals surface area contributed by atoms with E-state index in [1.54, 1.807) is 12.1 Å². The number of phenolic OH excluding ortho intramolecular Hbond substituents is 1. The van der Waals surface area contributed by atoms with Crippen molar-refractivity contribution < 1.29 is 9.90 Å². The molecule has 2 N–H and O–H groups in total. The molecule has 0 bridgehead atoms. The highest BCUT2D eigenvalue weighted by Crippen LogP contribution is 2.21. The summed E-state index contributed by atoms with van der Waals surface area (Å²) in [7, 11) is 0. The number of urea groups is 1. The van der Waals surface area contributed by atoms with Crippen molar-refractivity contribution >= 4 is 11.7 Å². The van der Waals surface area contributed by atoms with Crippen molar-refractivity contribution in [2.75, 3.05) is 31.1 Å². The highest BCUT2D eigenvalue weighted by molar-refractivity contribution is 5.74. The van der Waals surface area contributed by atoms with Crippen LogP contribution in [-0.2, 0) is 0 Å². The van der Waals surface area contributed by atoms with E-state index in [9.17, 15) is 9.90 Å². The van der Waals surface area contributed by atoms with Crippen LogP contribution in [0.1, 0.15) is 13.8 Å². The van der Waals surface area contributed by atoms with Crippen LogP contribution in [0.3, 0.4) is 0 Å². The summed E-state index contributed by atoms with van der Waals surface area (Å²) in [4.78, 5) is 15.9. The van der Waals surface area contributed by atoms with Crippen LogP contribution in [0.25, 0.3) is 0 Å². The minimum Gasteiger partial charge on any atom is -0.508 e. The van der Waals surface area contributed by atoms with E-state index in [0.29, 0.717) is 13.1 Å². The van der Waals surface area contributed by atoms with Gasteiger partial charge in [-0.15, -0.1) is 0 Å². The lowest BCUT2D eigenvalue weighted by atomic mass is 10.2. The molecule has 2 rings (SSSR count). The summed E-state index contributed by atoms with van der Waals surface area (Å²) in [5, 5.41) is 12.4. The van der Waals surface area contributed by atoms with E-state index >= 15 is 0 Å². The molecule has 0 radical (unpaired) electrons. The molecule has 0 atom stereocenters. The lowest BCUT2D eigenvalue weighted by Crippen LogP contribution is -2.52. The molecule has 1 aliphatic heterocycles. The van der Waals surface area contributed by atoms with Crippen LogP contribution >= 0.6 is 0 Å². The number of carbonyl (C=O) groups excluding carboxylic acids is 1. The Kier molecular flexibility index (Phi) is 4.14. The van der Waals surface area contributed by atoms with Gasteiger partial charge < -0.3 is 20.2 Å². The minimum absolute atomic E-state index is 0.00515. The number of aromatic hydroxyl groups is 1. The summed E-state index contributed by atoms with van der Waals surface area (Å²) < 4.78 is 0. The topological polar surface area (TPSA) is 55.8 Å². The number of phenols is 1. The van der Waals surface area contributed by atoms with Gasteiger partial charge >= 0.3 is 6.03 Å². The number of rotatable bonds is 2. The van der Waals surface area contributed by atoms with E-state index in [-0.39, 0.29) is 17.8 Å². The van der Waals surface area contributed by atoms with Crippen molar-refractivity contribution in [1.82, 2.24) is 10.2 Å². The molecule has 19 heavy (non-hydrogen) atoms. The van der Waals surface area contributed by atoms with Crippen molar-refractivity contribution in [3.8, 4) is 5.75 Å². The monoisotopic (exact) mass is 263 g/mol. The largest absolute Gasteiger partial charge is 0.508 e. The summed E-state index contributed by atoms with van der Waals surface area (Å²) in [5.74, 6) is 0.275. The third-order valence-electron chi connectivity index (χ3n) is 3.17. The van der Waals surface area contributed by atoms with E-state index in [1.807, 2.05) is 30.9 Å². The van der Waals surface area contributed by atoms with Crippen molar-refractivity contribution in [3.05, 3.63) is 24.3 Å². The lowest BCUT2D eigenvalue weighted by Gasteiger charge is -2.36. The molecule has 1 heterocycles. The van der Waals surface area contributed by atoms with Gasteiger partial charge in [-0.05, 0) is 26.0 Å². The zero-order valence-electron chi connectivity index (χ0n) is 11.5. The predicted molar refractivity (Wildman–Crippen MR) is 75.6 cm³/mol. The quantitative estimate of drug-likeness (QED) is 0.852. The third kappa shape index (κ3) is 3.53. The molecule has 0 aromatic heterocycles. The summed E-state index contributed by atoms with van der Waals surface area (Å²) in [5.41, 5.74) is 1.00. The fourth-order valence-electron chi connectivity index (χ4n) is 2.20. The average Bonchev–Trinajstić information content (AvgIpc) is 2.38. The Bertz CT molecular complexity index is 440. The predicted octanol–water partition coefficient (Wildman–Crippen LogP) is 1.63. The molecule has 1 aromatic carbocycles. The molecule has 0 aliphatic carbocycles. The van der Waals surface area contributed by atoms with Gasteiger partial charge in [0.15, 0.2) is 0 Å². The van der Waals surface area contributed by atoms with Crippen LogP contribution in [0.2, 0.25) is 0 Å². The molecular weight excluding hydrogens is 242 g/mol. The van der Waals surface area contributed by atoms with E-state index in [4.69, 9.17) is 0 Å². The maximum atomic E-state index is 11.9. The molecule has 0 saturated carbocycles. The van der Waals surface area contributed by atoms with Gasteiger partial charge in [0.1, 0.15) is 5.75 Å². The second-order valence-corrected chi connectivity index (χ2v) is 5.10. The molecule has 0 spiro atoms. The molecule has 1 fully saturated rings. The number of benzene rings is 1. The number of nitrogens with one attached hydrogen (secondary N) is 1. The van der Waals surface area contributed by atoms with Gasteiger partial charge in [0.25, 0.3) is 0 Å². The van der Waals surface area contributed by atoms with Gasteiger partial charge in [0.2, 0.25) is 0 Å². The molecule has 1 aliphatic rings. The zero-order chi connectivity index (χ0) is 13.8. The fraction of sp³-hybridized carbons (Fsp3) is 0.500. The molecule has 104 valence electrons. The number of carbonyl (C=O) groups is 1. The fourth-order valence-corrected chi connectivity index (χ4v) is 2.20. The summed E-state index contributed by atoms with van der Waals surface area (Å²) >= 11 is 0. The van der Waals surface area contributed by atoms with Gasteiger partial charge in [-0.1, -0.05) is 6.07 Å². The smallest absolute Gasteiger partial charge is 0.317 e. The Balaban J connectivity index is 1.90. The Hall–Kier alpha value is -1.91. The van der Waals surface area contributed by atoms with Crippen LogP contribution in [-0.4, -0.2) is 48.3 Å². The molecule has 2 amide bonds. The molecule has 5 nitrogen and oxygen atoms in total. The second-order valence-electron chi connectivity index (χ2n) is 5.10. The number of hydrogen-bond donors (Lipinski definition) is 2. The Morgan fingerprint density at radius 2 is 1.95 bits per heavy atom. The first-order chi connectivity index (χ1) is 9.06. The van der Waals surface area contributed by atoms with Crippen LogP contribution in [0.4, 0.5) is 10.5 Å². The average molecular weight is 263 g/mol. The summed E-state index contributed by atoms with van der Waals surface area (Å²) in [6.45, 7) is 6.90. The van der Waals surface area contributed by atoms with Gasteiger partial charge in [0, 0.05) is 44.0 Å². The van der Waals surface area contributed by atoms with Gasteiger partial charge in [0.05, 0.1) is 0 Å².